The van der Waals surface area contributed by atoms with Crippen LogP contribution < -0.4 is 0 Å². The zero-order chi connectivity index (χ0) is 21.2. The average molecular weight is 416 g/mol. The summed E-state index contributed by atoms with van der Waals surface area (Å²) in [4.78, 5) is 25.9. The number of carboxylic acids is 1. The zero-order valence-electron chi connectivity index (χ0n) is 16.4. The maximum Gasteiger partial charge on any atom is 0.490 e. The fraction of sp³-hybridized carbons (Fsp3) is 0.737. The number of aliphatic carboxylic acids is 1. The maximum absolute atomic E-state index is 12.2. The molecular formula is C19H27F3N4O3. The number of hydrogen-bond donors (Lipinski definition) is 1. The predicted molar refractivity (Wildman–Crippen MR) is 97.9 cm³/mol. The van der Waals surface area contributed by atoms with E-state index in [1.807, 2.05) is 23.1 Å². The van der Waals surface area contributed by atoms with Gasteiger partial charge >= 0.3 is 12.1 Å². The Morgan fingerprint density at radius 2 is 1.90 bits per heavy atom. The highest BCUT2D eigenvalue weighted by atomic mass is 19.4. The highest BCUT2D eigenvalue weighted by Gasteiger charge is 2.45. The molecule has 1 amide bonds. The summed E-state index contributed by atoms with van der Waals surface area (Å²) in [5.74, 6) is -0.911. The monoisotopic (exact) mass is 416 g/mol. The van der Waals surface area contributed by atoms with E-state index < -0.39 is 12.1 Å². The highest BCUT2D eigenvalue weighted by Crippen LogP contribution is 2.38. The van der Waals surface area contributed by atoms with Gasteiger partial charge in [-0.25, -0.2) is 4.79 Å². The molecule has 1 aromatic rings. The van der Waals surface area contributed by atoms with Crippen LogP contribution in [0.1, 0.15) is 32.6 Å². The van der Waals surface area contributed by atoms with Crippen LogP contribution in [0, 0.1) is 11.8 Å². The minimum Gasteiger partial charge on any atom is -0.475 e. The summed E-state index contributed by atoms with van der Waals surface area (Å²) in [5, 5.41) is 11.4. The maximum atomic E-state index is 12.2. The number of likely N-dealkylation sites (tertiary alicyclic amines) is 2. The van der Waals surface area contributed by atoms with Crippen molar-refractivity contribution >= 4 is 11.9 Å². The standard InChI is InChI=1S/C17H26N4O.C2HF3O2/c1-13(22)21-16(12-20-7-2-6-18-20)9-15-11-19(8-5-17(15)21)10-14-3-4-14;3-2(4,5)1(6)7/h2,6-7,14-17H,3-5,8-12H2,1H3;(H,6,7)/t15-,16+,17+;/m1./s1. The summed E-state index contributed by atoms with van der Waals surface area (Å²) < 4.78 is 33.7. The van der Waals surface area contributed by atoms with Crippen molar-refractivity contribution in [3.8, 4) is 0 Å². The SMILES string of the molecule is CC(=O)N1[C@H](Cn2cccn2)C[C@@H]2CN(CC3CC3)CC[C@@H]21.O=C(O)C(F)(F)F. The van der Waals surface area contributed by atoms with Gasteiger partial charge in [-0.15, -0.1) is 0 Å². The lowest BCUT2D eigenvalue weighted by Gasteiger charge is -2.38. The van der Waals surface area contributed by atoms with E-state index in [0.717, 1.165) is 31.8 Å². The third-order valence-corrected chi connectivity index (χ3v) is 5.88. The molecule has 10 heteroatoms. The lowest BCUT2D eigenvalue weighted by atomic mass is 9.92. The molecule has 3 fully saturated rings. The molecule has 2 aliphatic heterocycles. The van der Waals surface area contributed by atoms with Crippen LogP contribution in [0.4, 0.5) is 13.2 Å². The molecule has 1 aliphatic carbocycles. The lowest BCUT2D eigenvalue weighted by molar-refractivity contribution is -0.192. The van der Waals surface area contributed by atoms with Gasteiger partial charge in [0.15, 0.2) is 0 Å². The number of alkyl halides is 3. The Kier molecular flexibility index (Phi) is 6.50. The van der Waals surface area contributed by atoms with Crippen molar-refractivity contribution in [3.63, 3.8) is 0 Å². The predicted octanol–water partition coefficient (Wildman–Crippen LogP) is 2.24. The molecular weight excluding hydrogens is 389 g/mol. The van der Waals surface area contributed by atoms with Crippen molar-refractivity contribution in [1.29, 1.82) is 0 Å². The molecule has 0 spiro atoms. The molecule has 0 unspecified atom stereocenters. The Labute approximate surface area is 167 Å². The first-order chi connectivity index (χ1) is 13.6. The molecule has 1 N–H and O–H groups in total. The van der Waals surface area contributed by atoms with Gasteiger partial charge in [-0.2, -0.15) is 18.3 Å². The quantitative estimate of drug-likeness (QED) is 0.815. The van der Waals surface area contributed by atoms with E-state index in [9.17, 15) is 18.0 Å². The fourth-order valence-corrected chi connectivity index (χ4v) is 4.54. The van der Waals surface area contributed by atoms with Crippen LogP contribution in [-0.4, -0.2) is 74.5 Å². The van der Waals surface area contributed by atoms with Crippen LogP contribution in [0.15, 0.2) is 18.5 Å². The Hall–Kier alpha value is -2.10. The Morgan fingerprint density at radius 3 is 2.41 bits per heavy atom. The topological polar surface area (TPSA) is 78.7 Å². The first-order valence-electron chi connectivity index (χ1n) is 9.94. The number of amides is 1. The van der Waals surface area contributed by atoms with Gasteiger partial charge in [0, 0.05) is 45.0 Å². The van der Waals surface area contributed by atoms with Gasteiger partial charge in [0.1, 0.15) is 0 Å². The number of carbonyl (C=O) groups is 2. The first kappa shape index (κ1) is 21.6. The number of hydrogen-bond acceptors (Lipinski definition) is 4. The second kappa shape index (κ2) is 8.73. The van der Waals surface area contributed by atoms with E-state index in [0.29, 0.717) is 18.0 Å². The van der Waals surface area contributed by atoms with Crippen molar-refractivity contribution in [2.45, 2.75) is 57.4 Å². The minimum absolute atomic E-state index is 0.236. The van der Waals surface area contributed by atoms with E-state index >= 15 is 0 Å². The summed E-state index contributed by atoms with van der Waals surface area (Å²) in [6, 6.07) is 2.72. The summed E-state index contributed by atoms with van der Waals surface area (Å²) in [6.45, 7) is 6.20. The number of carboxylic acid groups (broad SMARTS) is 1. The number of nitrogens with zero attached hydrogens (tertiary/aromatic N) is 4. The number of fused-ring (bicyclic) bond motifs is 1. The normalized spacial score (nSPS) is 27.2. The van der Waals surface area contributed by atoms with Crippen molar-refractivity contribution in [1.82, 2.24) is 19.6 Å². The summed E-state index contributed by atoms with van der Waals surface area (Å²) in [5.41, 5.74) is 0. The van der Waals surface area contributed by atoms with Gasteiger partial charge < -0.3 is 14.9 Å². The molecule has 29 heavy (non-hydrogen) atoms. The molecule has 1 saturated carbocycles. The molecule has 162 valence electrons. The number of halogens is 3. The Bertz CT molecular complexity index is 706. The third kappa shape index (κ3) is 5.71. The first-order valence-corrected chi connectivity index (χ1v) is 9.94. The van der Waals surface area contributed by atoms with Crippen molar-refractivity contribution < 1.29 is 27.9 Å². The van der Waals surface area contributed by atoms with E-state index in [4.69, 9.17) is 9.90 Å². The number of piperidine rings is 1. The van der Waals surface area contributed by atoms with Gasteiger partial charge in [0.2, 0.25) is 5.91 Å². The smallest absolute Gasteiger partial charge is 0.475 e. The van der Waals surface area contributed by atoms with Crippen LogP contribution in [-0.2, 0) is 16.1 Å². The van der Waals surface area contributed by atoms with Crippen LogP contribution in [0.3, 0.4) is 0 Å². The molecule has 3 aliphatic rings. The van der Waals surface area contributed by atoms with Gasteiger partial charge in [-0.3, -0.25) is 9.48 Å². The molecule has 3 atom stereocenters. The van der Waals surface area contributed by atoms with E-state index in [-0.39, 0.29) is 5.91 Å². The van der Waals surface area contributed by atoms with E-state index in [1.165, 1.54) is 25.9 Å². The third-order valence-electron chi connectivity index (χ3n) is 5.88. The van der Waals surface area contributed by atoms with E-state index in [2.05, 4.69) is 14.9 Å². The second-order valence-corrected chi connectivity index (χ2v) is 8.17. The van der Waals surface area contributed by atoms with Crippen LogP contribution in [0.25, 0.3) is 0 Å². The van der Waals surface area contributed by atoms with Crippen LogP contribution >= 0.6 is 0 Å². The molecule has 2 saturated heterocycles. The molecule has 3 heterocycles. The Balaban J connectivity index is 0.000000298. The summed E-state index contributed by atoms with van der Waals surface area (Å²) in [6.07, 6.45) is 3.85. The fourth-order valence-electron chi connectivity index (χ4n) is 4.54. The van der Waals surface area contributed by atoms with Gasteiger partial charge in [-0.1, -0.05) is 0 Å². The van der Waals surface area contributed by atoms with Gasteiger partial charge in [0.25, 0.3) is 0 Å². The highest BCUT2D eigenvalue weighted by molar-refractivity contribution is 5.74. The molecule has 0 aromatic carbocycles. The molecule has 4 rings (SSSR count). The molecule has 7 nitrogen and oxygen atoms in total. The summed E-state index contributed by atoms with van der Waals surface area (Å²) >= 11 is 0. The van der Waals surface area contributed by atoms with Crippen LogP contribution in [0.2, 0.25) is 0 Å². The zero-order valence-corrected chi connectivity index (χ0v) is 16.4. The number of carbonyl (C=O) groups excluding carboxylic acids is 1. The average Bonchev–Trinajstić information content (AvgIpc) is 3.15. The Morgan fingerprint density at radius 1 is 1.21 bits per heavy atom. The van der Waals surface area contributed by atoms with Crippen molar-refractivity contribution in [3.05, 3.63) is 18.5 Å². The van der Waals surface area contributed by atoms with Gasteiger partial charge in [0.05, 0.1) is 12.6 Å². The number of aromatic nitrogens is 2. The minimum atomic E-state index is -5.08. The summed E-state index contributed by atoms with van der Waals surface area (Å²) in [7, 11) is 0. The van der Waals surface area contributed by atoms with Crippen molar-refractivity contribution in [2.24, 2.45) is 11.8 Å². The van der Waals surface area contributed by atoms with Crippen LogP contribution in [0.5, 0.6) is 0 Å². The molecule has 0 radical (unpaired) electrons. The van der Waals surface area contributed by atoms with Gasteiger partial charge in [-0.05, 0) is 43.6 Å². The molecule has 0 bridgehead atoms. The second-order valence-electron chi connectivity index (χ2n) is 8.17. The van der Waals surface area contributed by atoms with E-state index in [1.54, 1.807) is 6.92 Å². The lowest BCUT2D eigenvalue weighted by Crippen LogP contribution is -2.49. The van der Waals surface area contributed by atoms with Crippen molar-refractivity contribution in [2.75, 3.05) is 19.6 Å². The largest absolute Gasteiger partial charge is 0.490 e. The molecule has 1 aromatic heterocycles. The number of rotatable bonds is 4.